The maximum atomic E-state index is 12.3. The maximum absolute atomic E-state index is 12.3. The molecular formula is C23H29ClN2O. The molecule has 144 valence electrons. The van der Waals surface area contributed by atoms with Crippen molar-refractivity contribution in [2.24, 2.45) is 0 Å². The zero-order valence-corrected chi connectivity index (χ0v) is 16.8. The van der Waals surface area contributed by atoms with E-state index in [1.165, 1.54) is 11.1 Å². The number of amides is 1. The molecule has 1 aliphatic heterocycles. The van der Waals surface area contributed by atoms with Crippen LogP contribution in [0.2, 0.25) is 5.02 Å². The predicted molar refractivity (Wildman–Crippen MR) is 112 cm³/mol. The lowest BCUT2D eigenvalue weighted by Crippen LogP contribution is -2.45. The molecule has 0 radical (unpaired) electrons. The van der Waals surface area contributed by atoms with Crippen LogP contribution in [0.5, 0.6) is 0 Å². The number of nitrogens with one attached hydrogen (secondary N) is 1. The summed E-state index contributed by atoms with van der Waals surface area (Å²) in [6.45, 7) is 4.27. The minimum atomic E-state index is 0.169. The van der Waals surface area contributed by atoms with Gasteiger partial charge in [-0.3, -0.25) is 9.69 Å². The monoisotopic (exact) mass is 384 g/mol. The quantitative estimate of drug-likeness (QED) is 0.728. The van der Waals surface area contributed by atoms with Gasteiger partial charge in [-0.2, -0.15) is 0 Å². The molecular weight excluding hydrogens is 356 g/mol. The summed E-state index contributed by atoms with van der Waals surface area (Å²) in [7, 11) is 0. The summed E-state index contributed by atoms with van der Waals surface area (Å²) < 4.78 is 0. The normalized spacial score (nSPS) is 16.8. The van der Waals surface area contributed by atoms with E-state index < -0.39 is 0 Å². The predicted octanol–water partition coefficient (Wildman–Crippen LogP) is 5.00. The first-order valence-electron chi connectivity index (χ1n) is 9.98. The van der Waals surface area contributed by atoms with Gasteiger partial charge in [0.05, 0.1) is 0 Å². The average molecular weight is 385 g/mol. The molecule has 3 nitrogen and oxygen atoms in total. The van der Waals surface area contributed by atoms with E-state index >= 15 is 0 Å². The van der Waals surface area contributed by atoms with E-state index in [9.17, 15) is 4.79 Å². The van der Waals surface area contributed by atoms with Gasteiger partial charge in [0.2, 0.25) is 5.91 Å². The summed E-state index contributed by atoms with van der Waals surface area (Å²) in [6.07, 6.45) is 4.48. The molecule has 1 N–H and O–H groups in total. The molecule has 27 heavy (non-hydrogen) atoms. The first-order valence-corrected chi connectivity index (χ1v) is 10.4. The van der Waals surface area contributed by atoms with Crippen LogP contribution in [0.25, 0.3) is 0 Å². The highest BCUT2D eigenvalue weighted by Gasteiger charge is 2.25. The van der Waals surface area contributed by atoms with Crippen LogP contribution in [0.3, 0.4) is 0 Å². The number of hydrogen-bond donors (Lipinski definition) is 1. The number of nitrogens with zero attached hydrogens (tertiary/aromatic N) is 1. The van der Waals surface area contributed by atoms with Crippen molar-refractivity contribution in [2.75, 3.05) is 13.1 Å². The minimum absolute atomic E-state index is 0.169. The third kappa shape index (κ3) is 5.82. The number of aryl methyl sites for hydroxylation is 1. The van der Waals surface area contributed by atoms with Crippen LogP contribution in [-0.4, -0.2) is 29.9 Å². The van der Waals surface area contributed by atoms with E-state index in [4.69, 9.17) is 11.6 Å². The van der Waals surface area contributed by atoms with Crippen molar-refractivity contribution in [3.05, 3.63) is 70.7 Å². The fourth-order valence-corrected chi connectivity index (χ4v) is 4.07. The number of rotatable bonds is 7. The Balaban J connectivity index is 1.45. The summed E-state index contributed by atoms with van der Waals surface area (Å²) in [6, 6.07) is 19.1. The molecule has 0 aliphatic carbocycles. The number of benzene rings is 2. The van der Waals surface area contributed by atoms with Crippen molar-refractivity contribution >= 4 is 17.5 Å². The number of carbonyl (C=O) groups is 1. The highest BCUT2D eigenvalue weighted by molar-refractivity contribution is 6.30. The van der Waals surface area contributed by atoms with Crippen LogP contribution in [0.4, 0.5) is 0 Å². The highest BCUT2D eigenvalue weighted by atomic mass is 35.5. The zero-order valence-electron chi connectivity index (χ0n) is 16.0. The SMILES string of the molecule is CC[C@@H](c1ccc(Cl)cc1)N1CCC(NC(=O)CCc2ccccc2)CC1. The topological polar surface area (TPSA) is 32.3 Å². The number of likely N-dealkylation sites (tertiary alicyclic amines) is 1. The Morgan fingerprint density at radius 1 is 1.11 bits per heavy atom. The van der Waals surface area contributed by atoms with Crippen molar-refractivity contribution in [3.63, 3.8) is 0 Å². The third-order valence-electron chi connectivity index (χ3n) is 5.46. The van der Waals surface area contributed by atoms with E-state index in [0.29, 0.717) is 18.5 Å². The molecule has 2 aromatic carbocycles. The summed E-state index contributed by atoms with van der Waals surface area (Å²) in [5, 5.41) is 4.01. The Labute approximate surface area is 167 Å². The van der Waals surface area contributed by atoms with Crippen LogP contribution < -0.4 is 5.32 Å². The summed E-state index contributed by atoms with van der Waals surface area (Å²) >= 11 is 6.02. The lowest BCUT2D eigenvalue weighted by Gasteiger charge is -2.37. The van der Waals surface area contributed by atoms with Gasteiger partial charge in [0.25, 0.3) is 0 Å². The summed E-state index contributed by atoms with van der Waals surface area (Å²) in [5.41, 5.74) is 2.54. The summed E-state index contributed by atoms with van der Waals surface area (Å²) in [4.78, 5) is 14.8. The summed E-state index contributed by atoms with van der Waals surface area (Å²) in [5.74, 6) is 0.169. The van der Waals surface area contributed by atoms with Gasteiger partial charge in [0.1, 0.15) is 0 Å². The molecule has 1 fully saturated rings. The third-order valence-corrected chi connectivity index (χ3v) is 5.71. The Morgan fingerprint density at radius 2 is 1.78 bits per heavy atom. The molecule has 4 heteroatoms. The van der Waals surface area contributed by atoms with Gasteiger partial charge in [-0.15, -0.1) is 0 Å². The van der Waals surface area contributed by atoms with Gasteiger partial charge >= 0.3 is 0 Å². The first kappa shape index (κ1) is 19.9. The number of carbonyl (C=O) groups excluding carboxylic acids is 1. The fraction of sp³-hybridized carbons (Fsp3) is 0.435. The van der Waals surface area contributed by atoms with Gasteiger partial charge < -0.3 is 5.32 Å². The van der Waals surface area contributed by atoms with Crippen molar-refractivity contribution in [2.45, 2.75) is 51.1 Å². The van der Waals surface area contributed by atoms with Gasteiger partial charge in [-0.25, -0.2) is 0 Å². The van der Waals surface area contributed by atoms with E-state index in [1.807, 2.05) is 30.3 Å². The second-order valence-corrected chi connectivity index (χ2v) is 7.78. The lowest BCUT2D eigenvalue weighted by molar-refractivity contribution is -0.122. The Morgan fingerprint density at radius 3 is 2.41 bits per heavy atom. The largest absolute Gasteiger partial charge is 0.353 e. The second kappa shape index (κ2) is 9.91. The van der Waals surface area contributed by atoms with E-state index in [2.05, 4.69) is 41.4 Å². The van der Waals surface area contributed by atoms with Gasteiger partial charge in [0, 0.05) is 36.6 Å². The van der Waals surface area contributed by atoms with Gasteiger partial charge in [-0.05, 0) is 48.9 Å². The number of hydrogen-bond acceptors (Lipinski definition) is 2. The smallest absolute Gasteiger partial charge is 0.220 e. The Hall–Kier alpha value is -1.84. The highest BCUT2D eigenvalue weighted by Crippen LogP contribution is 2.28. The maximum Gasteiger partial charge on any atom is 0.220 e. The second-order valence-electron chi connectivity index (χ2n) is 7.34. The zero-order chi connectivity index (χ0) is 19.1. The van der Waals surface area contributed by atoms with Crippen molar-refractivity contribution < 1.29 is 4.79 Å². The molecule has 0 spiro atoms. The Bertz CT molecular complexity index is 709. The van der Waals surface area contributed by atoms with Crippen molar-refractivity contribution in [1.29, 1.82) is 0 Å². The molecule has 0 bridgehead atoms. The number of piperidine rings is 1. The molecule has 0 unspecified atom stereocenters. The standard InChI is InChI=1S/C23H29ClN2O/c1-2-22(19-9-11-20(24)12-10-19)26-16-14-21(15-17-26)25-23(27)13-8-18-6-4-3-5-7-18/h3-7,9-12,21-22H,2,8,13-17H2,1H3,(H,25,27)/t22-/m0/s1. The van der Waals surface area contributed by atoms with Crippen LogP contribution in [0.15, 0.2) is 54.6 Å². The van der Waals surface area contributed by atoms with Crippen molar-refractivity contribution in [3.8, 4) is 0 Å². The van der Waals surface area contributed by atoms with Gasteiger partial charge in [-0.1, -0.05) is 61.0 Å². The average Bonchev–Trinajstić information content (AvgIpc) is 2.70. The van der Waals surface area contributed by atoms with Crippen molar-refractivity contribution in [1.82, 2.24) is 10.2 Å². The van der Waals surface area contributed by atoms with Gasteiger partial charge in [0.15, 0.2) is 0 Å². The van der Waals surface area contributed by atoms with E-state index in [-0.39, 0.29) is 5.91 Å². The fourth-order valence-electron chi connectivity index (χ4n) is 3.95. The van der Waals surface area contributed by atoms with E-state index in [1.54, 1.807) is 0 Å². The molecule has 3 rings (SSSR count). The molecule has 1 atom stereocenters. The minimum Gasteiger partial charge on any atom is -0.353 e. The molecule has 0 aromatic heterocycles. The lowest BCUT2D eigenvalue weighted by atomic mass is 9.97. The molecule has 1 aliphatic rings. The van der Waals surface area contributed by atoms with Crippen LogP contribution in [0, 0.1) is 0 Å². The Kier molecular flexibility index (Phi) is 7.31. The molecule has 2 aromatic rings. The van der Waals surface area contributed by atoms with Crippen LogP contribution in [0.1, 0.15) is 49.8 Å². The molecule has 1 heterocycles. The number of halogens is 1. The molecule has 1 amide bonds. The van der Waals surface area contributed by atoms with E-state index in [0.717, 1.165) is 43.8 Å². The molecule has 0 saturated carbocycles. The van der Waals surface area contributed by atoms with Crippen LogP contribution >= 0.6 is 11.6 Å². The first-order chi connectivity index (χ1) is 13.2. The molecule has 1 saturated heterocycles. The van der Waals surface area contributed by atoms with Crippen LogP contribution in [-0.2, 0) is 11.2 Å².